The van der Waals surface area contributed by atoms with Gasteiger partial charge in [0.25, 0.3) is 0 Å². The van der Waals surface area contributed by atoms with Gasteiger partial charge in [0.1, 0.15) is 10.7 Å². The van der Waals surface area contributed by atoms with Crippen molar-refractivity contribution in [2.45, 2.75) is 0 Å². The zero-order valence-electron chi connectivity index (χ0n) is 10.4. The summed E-state index contributed by atoms with van der Waals surface area (Å²) in [6.45, 7) is 0. The predicted molar refractivity (Wildman–Crippen MR) is 80.4 cm³/mol. The number of aromatic nitrogens is 4. The van der Waals surface area contributed by atoms with E-state index < -0.39 is 0 Å². The minimum Gasteiger partial charge on any atom is -0.337 e. The molecule has 4 aromatic rings. The van der Waals surface area contributed by atoms with Gasteiger partial charge in [-0.2, -0.15) is 0 Å². The maximum absolute atomic E-state index is 4.61. The molecule has 20 heavy (non-hydrogen) atoms. The Labute approximate surface area is 119 Å². The topological polar surface area (TPSA) is 54.5 Å². The number of hydrogen-bond donors (Lipinski definition) is 1. The highest BCUT2D eigenvalue weighted by Crippen LogP contribution is 2.27. The molecule has 0 fully saturated rings. The summed E-state index contributed by atoms with van der Waals surface area (Å²) in [5.41, 5.74) is 3.72. The number of nitrogens with zero attached hydrogens (tertiary/aromatic N) is 3. The third kappa shape index (κ3) is 1.88. The Balaban J connectivity index is 1.78. The molecule has 0 aliphatic heterocycles. The fourth-order valence-electron chi connectivity index (χ4n) is 2.06. The first-order chi connectivity index (χ1) is 9.90. The highest BCUT2D eigenvalue weighted by Gasteiger charge is 2.10. The molecule has 0 aliphatic rings. The Morgan fingerprint density at radius 3 is 2.65 bits per heavy atom. The molecule has 3 heterocycles. The lowest BCUT2D eigenvalue weighted by atomic mass is 10.3. The molecule has 0 spiro atoms. The minimum atomic E-state index is 0.796. The Bertz CT molecular complexity index is 831. The molecule has 0 saturated carbocycles. The largest absolute Gasteiger partial charge is 0.337 e. The van der Waals surface area contributed by atoms with Crippen molar-refractivity contribution in [2.75, 3.05) is 0 Å². The molecule has 5 heteroatoms. The molecular weight excluding hydrogens is 268 g/mol. The van der Waals surface area contributed by atoms with Gasteiger partial charge in [0.2, 0.25) is 0 Å². The Morgan fingerprint density at radius 1 is 0.900 bits per heavy atom. The van der Waals surface area contributed by atoms with Crippen molar-refractivity contribution >= 4 is 22.4 Å². The van der Waals surface area contributed by atoms with E-state index in [9.17, 15) is 0 Å². The van der Waals surface area contributed by atoms with Crippen LogP contribution >= 0.6 is 11.3 Å². The minimum absolute atomic E-state index is 0.796. The van der Waals surface area contributed by atoms with E-state index in [1.165, 1.54) is 0 Å². The SMILES string of the molecule is c1ccc(-c2nc(-c3nc4ccccc4[nH]3)cs2)nc1. The molecule has 0 aliphatic carbocycles. The Kier molecular flexibility index (Phi) is 2.57. The molecule has 1 aromatic carbocycles. The van der Waals surface area contributed by atoms with Crippen LogP contribution in [0.3, 0.4) is 0 Å². The fourth-order valence-corrected chi connectivity index (χ4v) is 2.84. The predicted octanol–water partition coefficient (Wildman–Crippen LogP) is 3.75. The van der Waals surface area contributed by atoms with Crippen LogP contribution in [-0.4, -0.2) is 19.9 Å². The number of fused-ring (bicyclic) bond motifs is 1. The van der Waals surface area contributed by atoms with Gasteiger partial charge in [0, 0.05) is 11.6 Å². The first kappa shape index (κ1) is 11.3. The monoisotopic (exact) mass is 278 g/mol. The number of thiazole rings is 1. The number of H-pyrrole nitrogens is 1. The number of hydrogen-bond acceptors (Lipinski definition) is 4. The van der Waals surface area contributed by atoms with Crippen LogP contribution in [0.15, 0.2) is 54.0 Å². The quantitative estimate of drug-likeness (QED) is 0.607. The maximum atomic E-state index is 4.61. The summed E-state index contributed by atoms with van der Waals surface area (Å²) in [4.78, 5) is 16.8. The van der Waals surface area contributed by atoms with E-state index in [1.807, 2.05) is 47.8 Å². The molecule has 4 rings (SSSR count). The van der Waals surface area contributed by atoms with Crippen molar-refractivity contribution in [3.05, 3.63) is 54.0 Å². The van der Waals surface area contributed by atoms with Crippen molar-refractivity contribution < 1.29 is 0 Å². The molecule has 0 bridgehead atoms. The van der Waals surface area contributed by atoms with E-state index in [0.29, 0.717) is 0 Å². The normalized spacial score (nSPS) is 11.0. The number of pyridine rings is 1. The van der Waals surface area contributed by atoms with Crippen LogP contribution < -0.4 is 0 Å². The highest BCUT2D eigenvalue weighted by molar-refractivity contribution is 7.13. The van der Waals surface area contributed by atoms with Crippen LogP contribution in [0.2, 0.25) is 0 Å². The molecule has 4 nitrogen and oxygen atoms in total. The summed E-state index contributed by atoms with van der Waals surface area (Å²) in [7, 11) is 0. The van der Waals surface area contributed by atoms with E-state index in [4.69, 9.17) is 0 Å². The third-order valence-electron chi connectivity index (χ3n) is 3.02. The summed E-state index contributed by atoms with van der Waals surface area (Å²) in [6, 6.07) is 13.8. The summed E-state index contributed by atoms with van der Waals surface area (Å²) >= 11 is 1.57. The van der Waals surface area contributed by atoms with Crippen molar-refractivity contribution in [1.82, 2.24) is 19.9 Å². The van der Waals surface area contributed by atoms with Crippen molar-refractivity contribution in [2.24, 2.45) is 0 Å². The van der Waals surface area contributed by atoms with Gasteiger partial charge >= 0.3 is 0 Å². The smallest absolute Gasteiger partial charge is 0.158 e. The molecule has 0 amide bonds. The fraction of sp³-hybridized carbons (Fsp3) is 0. The number of para-hydroxylation sites is 2. The van der Waals surface area contributed by atoms with E-state index in [1.54, 1.807) is 17.5 Å². The summed E-state index contributed by atoms with van der Waals surface area (Å²) in [6.07, 6.45) is 1.78. The maximum Gasteiger partial charge on any atom is 0.158 e. The van der Waals surface area contributed by atoms with Gasteiger partial charge in [-0.05, 0) is 24.3 Å². The van der Waals surface area contributed by atoms with Gasteiger partial charge in [-0.15, -0.1) is 11.3 Å². The number of imidazole rings is 1. The van der Waals surface area contributed by atoms with Crippen LogP contribution in [0, 0.1) is 0 Å². The molecule has 0 saturated heterocycles. The van der Waals surface area contributed by atoms with E-state index >= 15 is 0 Å². The van der Waals surface area contributed by atoms with Crippen molar-refractivity contribution in [3.63, 3.8) is 0 Å². The molecule has 3 aromatic heterocycles. The number of benzene rings is 1. The number of nitrogens with one attached hydrogen (secondary N) is 1. The molecule has 0 unspecified atom stereocenters. The molecular formula is C15H10N4S. The van der Waals surface area contributed by atoms with Gasteiger partial charge in [-0.1, -0.05) is 18.2 Å². The van der Waals surface area contributed by atoms with E-state index in [0.717, 1.165) is 33.3 Å². The first-order valence-electron chi connectivity index (χ1n) is 6.22. The second-order valence-corrected chi connectivity index (χ2v) is 5.21. The van der Waals surface area contributed by atoms with Gasteiger partial charge in [-0.3, -0.25) is 4.98 Å². The first-order valence-corrected chi connectivity index (χ1v) is 7.10. The number of aromatic amines is 1. The second kappa shape index (κ2) is 4.54. The molecule has 1 N–H and O–H groups in total. The van der Waals surface area contributed by atoms with Crippen molar-refractivity contribution in [3.8, 4) is 22.2 Å². The Morgan fingerprint density at radius 2 is 1.80 bits per heavy atom. The molecule has 0 atom stereocenters. The standard InChI is InChI=1S/C15H10N4S/c1-2-6-11-10(5-1)17-14(18-11)13-9-20-15(19-13)12-7-3-4-8-16-12/h1-9H,(H,17,18). The zero-order chi connectivity index (χ0) is 13.4. The van der Waals surface area contributed by atoms with Gasteiger partial charge in [0.05, 0.1) is 16.7 Å². The van der Waals surface area contributed by atoms with Gasteiger partial charge in [0.15, 0.2) is 5.82 Å². The van der Waals surface area contributed by atoms with Crippen LogP contribution in [0.25, 0.3) is 33.3 Å². The average Bonchev–Trinajstić information content (AvgIpc) is 3.14. The van der Waals surface area contributed by atoms with E-state index in [-0.39, 0.29) is 0 Å². The molecule has 96 valence electrons. The van der Waals surface area contributed by atoms with Crippen LogP contribution in [-0.2, 0) is 0 Å². The van der Waals surface area contributed by atoms with Crippen LogP contribution in [0.5, 0.6) is 0 Å². The Hall–Kier alpha value is -2.53. The van der Waals surface area contributed by atoms with Crippen LogP contribution in [0.1, 0.15) is 0 Å². The summed E-state index contributed by atoms with van der Waals surface area (Å²) in [5.74, 6) is 0.796. The zero-order valence-corrected chi connectivity index (χ0v) is 11.3. The van der Waals surface area contributed by atoms with Crippen LogP contribution in [0.4, 0.5) is 0 Å². The summed E-state index contributed by atoms with van der Waals surface area (Å²) in [5, 5.41) is 2.91. The third-order valence-corrected chi connectivity index (χ3v) is 3.88. The summed E-state index contributed by atoms with van der Waals surface area (Å²) < 4.78 is 0. The molecule has 0 radical (unpaired) electrons. The van der Waals surface area contributed by atoms with Gasteiger partial charge in [-0.25, -0.2) is 9.97 Å². The lowest BCUT2D eigenvalue weighted by Gasteiger charge is -1.92. The average molecular weight is 278 g/mol. The lowest BCUT2D eigenvalue weighted by Crippen LogP contribution is -1.83. The highest BCUT2D eigenvalue weighted by atomic mass is 32.1. The number of rotatable bonds is 2. The lowest BCUT2D eigenvalue weighted by molar-refractivity contribution is 1.25. The van der Waals surface area contributed by atoms with E-state index in [2.05, 4.69) is 19.9 Å². The van der Waals surface area contributed by atoms with Gasteiger partial charge < -0.3 is 4.98 Å². The van der Waals surface area contributed by atoms with Crippen molar-refractivity contribution in [1.29, 1.82) is 0 Å². The second-order valence-electron chi connectivity index (χ2n) is 4.36.